The first-order chi connectivity index (χ1) is 23.9. The SMILES string of the molecule is CCCCCCCCCCCCCCON(OCCCCCCCCCCCC)c1cccc(OC(C)(C)C)c1OCCCCCCCC. The Kier molecular flexibility index (Phi) is 30.2. The highest BCUT2D eigenvalue weighted by Crippen LogP contribution is 2.40. The number of hydrogen-bond acceptors (Lipinski definition) is 5. The molecule has 0 unspecified atom stereocenters. The molecule has 0 aliphatic heterocycles. The standard InChI is InChI=1S/C44H83NO4/c1-7-10-13-16-19-21-23-24-26-28-31-34-40-48-45(47-39-33-30-27-25-22-20-17-14-11-8-2)41-36-35-37-42(49-44(4,5)6)43(41)46-38-32-29-18-15-12-9-3/h35-37H,7-34,38-40H2,1-6H3. The quantitative estimate of drug-likeness (QED) is 0.0518. The first-order valence-corrected chi connectivity index (χ1v) is 21.4. The van der Waals surface area contributed by atoms with E-state index < -0.39 is 0 Å². The number of rotatable bonds is 36. The van der Waals surface area contributed by atoms with E-state index in [0.717, 1.165) is 36.4 Å². The Labute approximate surface area is 305 Å². The van der Waals surface area contributed by atoms with E-state index in [2.05, 4.69) is 41.5 Å². The molecular weight excluding hydrogens is 606 g/mol. The van der Waals surface area contributed by atoms with Crippen LogP contribution >= 0.6 is 0 Å². The second kappa shape index (κ2) is 32.4. The van der Waals surface area contributed by atoms with Gasteiger partial charge in [-0.1, -0.05) is 187 Å². The molecule has 49 heavy (non-hydrogen) atoms. The summed E-state index contributed by atoms with van der Waals surface area (Å²) in [6, 6.07) is 6.09. The molecule has 0 N–H and O–H groups in total. The maximum atomic E-state index is 6.50. The summed E-state index contributed by atoms with van der Waals surface area (Å²) in [5.41, 5.74) is 0.466. The van der Waals surface area contributed by atoms with Gasteiger partial charge in [-0.2, -0.15) is 0 Å². The highest BCUT2D eigenvalue weighted by molar-refractivity contribution is 5.62. The maximum absolute atomic E-state index is 6.50. The van der Waals surface area contributed by atoms with Crippen LogP contribution in [-0.4, -0.2) is 25.4 Å². The van der Waals surface area contributed by atoms with Crippen LogP contribution in [0.5, 0.6) is 11.5 Å². The molecular formula is C44H83NO4. The number of benzene rings is 1. The zero-order valence-electron chi connectivity index (χ0n) is 33.7. The molecule has 0 spiro atoms. The van der Waals surface area contributed by atoms with Crippen LogP contribution in [0.4, 0.5) is 5.69 Å². The molecule has 0 atom stereocenters. The van der Waals surface area contributed by atoms with Gasteiger partial charge in [0.15, 0.2) is 11.5 Å². The molecule has 1 aromatic carbocycles. The summed E-state index contributed by atoms with van der Waals surface area (Å²) in [5.74, 6) is 1.47. The zero-order chi connectivity index (χ0) is 35.7. The van der Waals surface area contributed by atoms with E-state index in [1.54, 1.807) is 5.23 Å². The fourth-order valence-electron chi connectivity index (χ4n) is 6.26. The number of anilines is 1. The van der Waals surface area contributed by atoms with Crippen molar-refractivity contribution < 1.29 is 19.1 Å². The highest BCUT2D eigenvalue weighted by atomic mass is 16.9. The van der Waals surface area contributed by atoms with Crippen LogP contribution in [0.15, 0.2) is 18.2 Å². The molecule has 1 aromatic rings. The Morgan fingerprint density at radius 3 is 1.16 bits per heavy atom. The molecule has 0 aliphatic carbocycles. The van der Waals surface area contributed by atoms with E-state index in [-0.39, 0.29) is 5.60 Å². The predicted molar refractivity (Wildman–Crippen MR) is 213 cm³/mol. The summed E-state index contributed by atoms with van der Waals surface area (Å²) in [6.45, 7) is 15.0. The Balaban J connectivity index is 2.71. The minimum Gasteiger partial charge on any atom is -0.487 e. The van der Waals surface area contributed by atoms with Crippen molar-refractivity contribution >= 4 is 5.69 Å². The van der Waals surface area contributed by atoms with Gasteiger partial charge in [-0.3, -0.25) is 0 Å². The van der Waals surface area contributed by atoms with Crippen molar-refractivity contribution in [2.24, 2.45) is 0 Å². The monoisotopic (exact) mass is 690 g/mol. The zero-order valence-corrected chi connectivity index (χ0v) is 33.7. The molecule has 5 nitrogen and oxygen atoms in total. The molecule has 0 aromatic heterocycles. The average Bonchev–Trinajstić information content (AvgIpc) is 3.07. The third-order valence-corrected chi connectivity index (χ3v) is 9.23. The summed E-state index contributed by atoms with van der Waals surface area (Å²) >= 11 is 0. The second-order valence-corrected chi connectivity index (χ2v) is 15.4. The lowest BCUT2D eigenvalue weighted by Crippen LogP contribution is -2.27. The van der Waals surface area contributed by atoms with Crippen LogP contribution in [-0.2, 0) is 9.68 Å². The minimum atomic E-state index is -0.339. The van der Waals surface area contributed by atoms with Gasteiger partial charge in [0.05, 0.1) is 19.8 Å². The van der Waals surface area contributed by atoms with Crippen molar-refractivity contribution in [2.45, 2.75) is 227 Å². The molecule has 0 bridgehead atoms. The highest BCUT2D eigenvalue weighted by Gasteiger charge is 2.22. The molecule has 0 saturated carbocycles. The maximum Gasteiger partial charge on any atom is 0.189 e. The molecule has 0 aliphatic rings. The predicted octanol–water partition coefficient (Wildman–Crippen LogP) is 14.9. The molecule has 1 rings (SSSR count). The van der Waals surface area contributed by atoms with Gasteiger partial charge in [0, 0.05) is 0 Å². The van der Waals surface area contributed by atoms with E-state index in [4.69, 9.17) is 19.1 Å². The van der Waals surface area contributed by atoms with Crippen molar-refractivity contribution in [3.63, 3.8) is 0 Å². The van der Waals surface area contributed by atoms with Crippen LogP contribution in [0.3, 0.4) is 0 Å². The Bertz CT molecular complexity index is 839. The molecule has 0 amide bonds. The van der Waals surface area contributed by atoms with Crippen molar-refractivity contribution in [1.82, 2.24) is 0 Å². The molecule has 0 heterocycles. The van der Waals surface area contributed by atoms with Gasteiger partial charge in [-0.25, -0.2) is 9.68 Å². The van der Waals surface area contributed by atoms with E-state index in [0.29, 0.717) is 19.8 Å². The Hall–Kier alpha value is -1.46. The molecule has 0 radical (unpaired) electrons. The van der Waals surface area contributed by atoms with Crippen molar-refractivity contribution in [3.8, 4) is 11.5 Å². The summed E-state index contributed by atoms with van der Waals surface area (Å²) in [6.07, 6.45) is 36.4. The summed E-state index contributed by atoms with van der Waals surface area (Å²) in [7, 11) is 0. The minimum absolute atomic E-state index is 0.339. The van der Waals surface area contributed by atoms with Gasteiger partial charge >= 0.3 is 0 Å². The lowest BCUT2D eigenvalue weighted by atomic mass is 10.1. The second-order valence-electron chi connectivity index (χ2n) is 15.4. The first kappa shape index (κ1) is 45.6. The van der Waals surface area contributed by atoms with Gasteiger partial charge in [0.25, 0.3) is 0 Å². The average molecular weight is 690 g/mol. The van der Waals surface area contributed by atoms with Crippen LogP contribution < -0.4 is 14.7 Å². The summed E-state index contributed by atoms with van der Waals surface area (Å²) in [4.78, 5) is 12.8. The molecule has 0 saturated heterocycles. The van der Waals surface area contributed by atoms with Crippen molar-refractivity contribution in [2.75, 3.05) is 25.0 Å². The van der Waals surface area contributed by atoms with Gasteiger partial charge in [-0.05, 0) is 52.2 Å². The number of nitrogens with zero attached hydrogens (tertiary/aromatic N) is 1. The fraction of sp³-hybridized carbons (Fsp3) is 0.864. The van der Waals surface area contributed by atoms with Gasteiger partial charge in [0.2, 0.25) is 0 Å². The number of hydrogen-bond donors (Lipinski definition) is 0. The van der Waals surface area contributed by atoms with Gasteiger partial charge < -0.3 is 9.47 Å². The van der Waals surface area contributed by atoms with E-state index in [9.17, 15) is 0 Å². The molecule has 5 heteroatoms. The van der Waals surface area contributed by atoms with E-state index >= 15 is 0 Å². The van der Waals surface area contributed by atoms with E-state index in [1.807, 2.05) is 18.2 Å². The van der Waals surface area contributed by atoms with E-state index in [1.165, 1.54) is 161 Å². The number of para-hydroxylation sites is 1. The van der Waals surface area contributed by atoms with Gasteiger partial charge in [-0.15, -0.1) is 5.23 Å². The third kappa shape index (κ3) is 26.9. The van der Waals surface area contributed by atoms with Crippen molar-refractivity contribution in [1.29, 1.82) is 0 Å². The van der Waals surface area contributed by atoms with Crippen LogP contribution in [0.2, 0.25) is 0 Å². The smallest absolute Gasteiger partial charge is 0.189 e. The number of unbranched alkanes of at least 4 members (excludes halogenated alkanes) is 25. The lowest BCUT2D eigenvalue weighted by molar-refractivity contribution is -0.0923. The van der Waals surface area contributed by atoms with Crippen LogP contribution in [0, 0.1) is 0 Å². The van der Waals surface area contributed by atoms with Crippen LogP contribution in [0.1, 0.15) is 221 Å². The summed E-state index contributed by atoms with van der Waals surface area (Å²) in [5, 5.41) is 1.65. The third-order valence-electron chi connectivity index (χ3n) is 9.23. The van der Waals surface area contributed by atoms with Crippen molar-refractivity contribution in [3.05, 3.63) is 18.2 Å². The first-order valence-electron chi connectivity index (χ1n) is 21.4. The molecule has 0 fully saturated rings. The van der Waals surface area contributed by atoms with Crippen LogP contribution in [0.25, 0.3) is 0 Å². The topological polar surface area (TPSA) is 40.2 Å². The summed E-state index contributed by atoms with van der Waals surface area (Å²) < 4.78 is 12.9. The number of ether oxygens (including phenoxy) is 2. The normalized spacial score (nSPS) is 11.7. The fourth-order valence-corrected chi connectivity index (χ4v) is 6.26. The lowest BCUT2D eigenvalue weighted by Gasteiger charge is -2.28. The van der Waals surface area contributed by atoms with Gasteiger partial charge in [0.1, 0.15) is 11.3 Å². The Morgan fingerprint density at radius 1 is 0.449 bits per heavy atom. The molecule has 288 valence electrons. The largest absolute Gasteiger partial charge is 0.487 e. The Morgan fingerprint density at radius 2 is 0.796 bits per heavy atom.